The lowest BCUT2D eigenvalue weighted by molar-refractivity contribution is 0.197. The van der Waals surface area contributed by atoms with Crippen molar-refractivity contribution in [3.8, 4) is 0 Å². The Labute approximate surface area is 146 Å². The van der Waals surface area contributed by atoms with E-state index < -0.39 is 0 Å². The summed E-state index contributed by atoms with van der Waals surface area (Å²) in [6.45, 7) is 5.59. The number of rotatable bonds is 4. The van der Waals surface area contributed by atoms with Crippen molar-refractivity contribution in [1.82, 2.24) is 14.9 Å². The molecule has 1 fully saturated rings. The van der Waals surface area contributed by atoms with Gasteiger partial charge in [-0.15, -0.1) is 0 Å². The zero-order valence-corrected chi connectivity index (χ0v) is 15.0. The van der Waals surface area contributed by atoms with Crippen LogP contribution in [0.3, 0.4) is 0 Å². The van der Waals surface area contributed by atoms with Gasteiger partial charge in [-0.2, -0.15) is 0 Å². The maximum atomic E-state index is 5.73. The number of aromatic nitrogens is 2. The van der Waals surface area contributed by atoms with E-state index in [1.54, 1.807) is 6.20 Å². The molecule has 0 saturated carbocycles. The quantitative estimate of drug-likeness (QED) is 0.883. The fraction of sp³-hybridized carbons (Fsp3) is 0.444. The van der Waals surface area contributed by atoms with Crippen molar-refractivity contribution < 1.29 is 0 Å². The maximum Gasteiger partial charge on any atom is 0.220 e. The summed E-state index contributed by atoms with van der Waals surface area (Å²) in [5.74, 6) is 1.35. The molecule has 1 saturated heterocycles. The van der Waals surface area contributed by atoms with Gasteiger partial charge in [0.2, 0.25) is 5.95 Å². The molecule has 2 heterocycles. The molecule has 2 N–H and O–H groups in total. The second-order valence-electron chi connectivity index (χ2n) is 6.39. The highest BCUT2D eigenvalue weighted by Gasteiger charge is 2.24. The number of halogens is 1. The second kappa shape index (κ2) is 7.41. The Morgan fingerprint density at radius 2 is 2.26 bits per heavy atom. The summed E-state index contributed by atoms with van der Waals surface area (Å²) >= 11 is 3.56. The third-order valence-electron chi connectivity index (χ3n) is 4.57. The molecule has 0 unspecified atom stereocenters. The molecule has 122 valence electrons. The minimum absolute atomic E-state index is 0.377. The monoisotopic (exact) mass is 374 g/mol. The third kappa shape index (κ3) is 4.30. The van der Waals surface area contributed by atoms with Crippen molar-refractivity contribution in [3.05, 3.63) is 52.3 Å². The van der Waals surface area contributed by atoms with Crippen LogP contribution in [0.2, 0.25) is 0 Å². The van der Waals surface area contributed by atoms with Gasteiger partial charge in [0, 0.05) is 29.7 Å². The highest BCUT2D eigenvalue weighted by Crippen LogP contribution is 2.28. The second-order valence-corrected chi connectivity index (χ2v) is 7.31. The Balaban J connectivity index is 1.64. The molecule has 5 heteroatoms. The Morgan fingerprint density at radius 3 is 3.04 bits per heavy atom. The summed E-state index contributed by atoms with van der Waals surface area (Å²) in [5, 5.41) is 0. The highest BCUT2D eigenvalue weighted by molar-refractivity contribution is 9.10. The van der Waals surface area contributed by atoms with Gasteiger partial charge in [-0.3, -0.25) is 0 Å². The number of hydrogen-bond donors (Lipinski definition) is 1. The Hall–Kier alpha value is -1.46. The van der Waals surface area contributed by atoms with E-state index in [1.807, 2.05) is 6.07 Å². The SMILES string of the molecule is C[C@H](CN1CCC[C@H](c2ccnc(N)n2)C1)c1cccc(Br)c1. The van der Waals surface area contributed by atoms with Crippen molar-refractivity contribution >= 4 is 21.9 Å². The average Bonchev–Trinajstić information content (AvgIpc) is 2.55. The molecular weight excluding hydrogens is 352 g/mol. The Bertz CT molecular complexity index is 659. The molecule has 1 aliphatic rings. The molecule has 0 amide bonds. The van der Waals surface area contributed by atoms with Crippen molar-refractivity contribution in [3.63, 3.8) is 0 Å². The van der Waals surface area contributed by atoms with E-state index in [0.29, 0.717) is 17.8 Å². The minimum atomic E-state index is 0.377. The molecule has 1 aromatic heterocycles. The zero-order chi connectivity index (χ0) is 16.2. The van der Waals surface area contributed by atoms with Crippen molar-refractivity contribution in [2.45, 2.75) is 31.6 Å². The van der Waals surface area contributed by atoms with Gasteiger partial charge in [0.25, 0.3) is 0 Å². The van der Waals surface area contributed by atoms with Gasteiger partial charge in [0.1, 0.15) is 0 Å². The summed E-state index contributed by atoms with van der Waals surface area (Å²) in [7, 11) is 0. The van der Waals surface area contributed by atoms with E-state index in [4.69, 9.17) is 5.73 Å². The summed E-state index contributed by atoms with van der Waals surface area (Å²) in [6, 6.07) is 10.6. The highest BCUT2D eigenvalue weighted by atomic mass is 79.9. The molecule has 2 aromatic rings. The molecular formula is C18H23BrN4. The molecule has 4 nitrogen and oxygen atoms in total. The van der Waals surface area contributed by atoms with Gasteiger partial charge in [0.15, 0.2) is 0 Å². The first-order valence-electron chi connectivity index (χ1n) is 8.18. The van der Waals surface area contributed by atoms with E-state index >= 15 is 0 Å². The smallest absolute Gasteiger partial charge is 0.220 e. The number of hydrogen-bond acceptors (Lipinski definition) is 4. The van der Waals surface area contributed by atoms with Gasteiger partial charge in [-0.05, 0) is 49.1 Å². The van der Waals surface area contributed by atoms with Crippen LogP contribution in [0.15, 0.2) is 41.0 Å². The molecule has 0 radical (unpaired) electrons. The first kappa shape index (κ1) is 16.4. The lowest BCUT2D eigenvalue weighted by Gasteiger charge is -2.34. The van der Waals surface area contributed by atoms with Crippen LogP contribution >= 0.6 is 15.9 Å². The number of likely N-dealkylation sites (tertiary alicyclic amines) is 1. The van der Waals surface area contributed by atoms with E-state index in [1.165, 1.54) is 18.4 Å². The summed E-state index contributed by atoms with van der Waals surface area (Å²) < 4.78 is 1.15. The van der Waals surface area contributed by atoms with Crippen LogP contribution in [0.1, 0.15) is 42.9 Å². The van der Waals surface area contributed by atoms with Gasteiger partial charge < -0.3 is 10.6 Å². The van der Waals surface area contributed by atoms with E-state index in [-0.39, 0.29) is 0 Å². The molecule has 1 aliphatic heterocycles. The number of benzene rings is 1. The van der Waals surface area contributed by atoms with Crippen molar-refractivity contribution in [2.24, 2.45) is 0 Å². The normalized spacial score (nSPS) is 20.3. The van der Waals surface area contributed by atoms with Crippen LogP contribution in [0, 0.1) is 0 Å². The lowest BCUT2D eigenvalue weighted by atomic mass is 9.93. The molecule has 0 bridgehead atoms. The number of anilines is 1. The zero-order valence-electron chi connectivity index (χ0n) is 13.5. The third-order valence-corrected chi connectivity index (χ3v) is 5.06. The first-order chi connectivity index (χ1) is 11.1. The molecule has 0 aliphatic carbocycles. The fourth-order valence-electron chi connectivity index (χ4n) is 3.38. The van der Waals surface area contributed by atoms with Crippen LogP contribution in [0.4, 0.5) is 5.95 Å². The van der Waals surface area contributed by atoms with Gasteiger partial charge in [0.05, 0.1) is 5.69 Å². The Morgan fingerprint density at radius 1 is 1.39 bits per heavy atom. The van der Waals surface area contributed by atoms with Crippen molar-refractivity contribution in [1.29, 1.82) is 0 Å². The van der Waals surface area contributed by atoms with Gasteiger partial charge in [-0.1, -0.05) is 35.0 Å². The van der Waals surface area contributed by atoms with E-state index in [9.17, 15) is 0 Å². The minimum Gasteiger partial charge on any atom is -0.368 e. The fourth-order valence-corrected chi connectivity index (χ4v) is 3.80. The number of nitrogens with zero attached hydrogens (tertiary/aromatic N) is 3. The number of piperidine rings is 1. The largest absolute Gasteiger partial charge is 0.368 e. The van der Waals surface area contributed by atoms with Crippen LogP contribution < -0.4 is 5.73 Å². The predicted octanol–water partition coefficient (Wildman–Crippen LogP) is 3.80. The van der Waals surface area contributed by atoms with E-state index in [2.05, 4.69) is 62.0 Å². The van der Waals surface area contributed by atoms with Gasteiger partial charge in [-0.25, -0.2) is 9.97 Å². The topological polar surface area (TPSA) is 55.0 Å². The predicted molar refractivity (Wildman–Crippen MR) is 97.4 cm³/mol. The number of nitrogen functional groups attached to an aromatic ring is 1. The molecule has 23 heavy (non-hydrogen) atoms. The summed E-state index contributed by atoms with van der Waals surface area (Å²) in [6.07, 6.45) is 4.15. The molecule has 1 aromatic carbocycles. The molecule has 3 rings (SSSR count). The maximum absolute atomic E-state index is 5.73. The summed E-state index contributed by atoms with van der Waals surface area (Å²) in [5.41, 5.74) is 8.19. The summed E-state index contributed by atoms with van der Waals surface area (Å²) in [4.78, 5) is 11.0. The number of nitrogens with two attached hydrogens (primary N) is 1. The molecule has 2 atom stereocenters. The average molecular weight is 375 g/mol. The van der Waals surface area contributed by atoms with Crippen LogP contribution in [0.5, 0.6) is 0 Å². The lowest BCUT2D eigenvalue weighted by Crippen LogP contribution is -2.37. The first-order valence-corrected chi connectivity index (χ1v) is 8.97. The van der Waals surface area contributed by atoms with E-state index in [0.717, 1.165) is 29.8 Å². The standard InChI is InChI=1S/C18H23BrN4/c1-13(14-4-2-6-16(19)10-14)11-23-9-3-5-15(12-23)17-7-8-21-18(20)22-17/h2,4,6-8,10,13,15H,3,5,9,11-12H2,1H3,(H2,20,21,22)/t13-,15+/m1/s1. The van der Waals surface area contributed by atoms with Crippen LogP contribution in [0.25, 0.3) is 0 Å². The van der Waals surface area contributed by atoms with Crippen LogP contribution in [-0.2, 0) is 0 Å². The van der Waals surface area contributed by atoms with Gasteiger partial charge >= 0.3 is 0 Å². The van der Waals surface area contributed by atoms with Crippen LogP contribution in [-0.4, -0.2) is 34.5 Å². The van der Waals surface area contributed by atoms with Crippen molar-refractivity contribution in [2.75, 3.05) is 25.4 Å². The molecule has 0 spiro atoms. The Kier molecular flexibility index (Phi) is 5.28.